The molecule has 0 atom stereocenters. The molecule has 166 valence electrons. The monoisotopic (exact) mass is 463 g/mol. The van der Waals surface area contributed by atoms with Gasteiger partial charge < -0.3 is 5.32 Å². The van der Waals surface area contributed by atoms with Gasteiger partial charge in [-0.1, -0.05) is 17.7 Å². The number of hydrogen-bond acceptors (Lipinski definition) is 5. The van der Waals surface area contributed by atoms with Crippen LogP contribution in [0, 0.1) is 6.92 Å². The summed E-state index contributed by atoms with van der Waals surface area (Å²) < 4.78 is 55.5. The summed E-state index contributed by atoms with van der Waals surface area (Å²) in [4.78, 5) is 11.9. The van der Waals surface area contributed by atoms with Crippen LogP contribution in [0.4, 0.5) is 5.69 Å². The third-order valence-corrected chi connectivity index (χ3v) is 9.15. The molecule has 1 saturated heterocycles. The number of benzene rings is 2. The number of rotatable bonds is 5. The molecule has 1 amide bonds. The van der Waals surface area contributed by atoms with Crippen molar-refractivity contribution in [3.8, 4) is 0 Å². The van der Waals surface area contributed by atoms with Crippen LogP contribution in [0.3, 0.4) is 0 Å². The second kappa shape index (κ2) is 8.34. The van der Waals surface area contributed by atoms with Crippen LogP contribution in [0.25, 0.3) is 0 Å². The SMILES string of the molecule is Cc1ccc(S(=O)(=O)N2CCC(NS(=O)(=O)c3ccc4c(c3)CCC(=O)N4)CC2)cc1. The first kappa shape index (κ1) is 21.9. The summed E-state index contributed by atoms with van der Waals surface area (Å²) in [6.07, 6.45) is 1.62. The third kappa shape index (κ3) is 4.67. The molecular weight excluding hydrogens is 438 g/mol. The van der Waals surface area contributed by atoms with Gasteiger partial charge in [0.1, 0.15) is 0 Å². The molecule has 0 aromatic heterocycles. The van der Waals surface area contributed by atoms with Gasteiger partial charge in [0.15, 0.2) is 0 Å². The number of carbonyl (C=O) groups is 1. The molecule has 8 nitrogen and oxygen atoms in total. The van der Waals surface area contributed by atoms with E-state index in [9.17, 15) is 21.6 Å². The summed E-state index contributed by atoms with van der Waals surface area (Å²) in [6, 6.07) is 11.0. The molecule has 0 aliphatic carbocycles. The van der Waals surface area contributed by atoms with E-state index in [1.165, 1.54) is 10.4 Å². The number of aryl methyl sites for hydroxylation is 2. The minimum atomic E-state index is -3.75. The van der Waals surface area contributed by atoms with Gasteiger partial charge in [0.25, 0.3) is 0 Å². The standard InChI is InChI=1S/C21H25N3O5S2/c1-15-2-5-18(6-3-15)31(28,29)24-12-10-17(11-13-24)23-30(26,27)19-7-8-20-16(14-19)4-9-21(25)22-20/h2-3,5-8,14,17,23H,4,9-13H2,1H3,(H,22,25). The number of amides is 1. The lowest BCUT2D eigenvalue weighted by atomic mass is 10.0. The number of piperidine rings is 1. The van der Waals surface area contributed by atoms with Crippen molar-refractivity contribution in [3.63, 3.8) is 0 Å². The average Bonchev–Trinajstić information content (AvgIpc) is 2.73. The van der Waals surface area contributed by atoms with Gasteiger partial charge in [0, 0.05) is 31.2 Å². The molecule has 0 saturated carbocycles. The lowest BCUT2D eigenvalue weighted by Crippen LogP contribution is -2.46. The zero-order valence-electron chi connectivity index (χ0n) is 17.2. The second-order valence-electron chi connectivity index (χ2n) is 7.98. The van der Waals surface area contributed by atoms with Gasteiger partial charge in [-0.15, -0.1) is 0 Å². The molecule has 10 heteroatoms. The van der Waals surface area contributed by atoms with Crippen LogP contribution < -0.4 is 10.0 Å². The minimum Gasteiger partial charge on any atom is -0.326 e. The van der Waals surface area contributed by atoms with Gasteiger partial charge in [-0.3, -0.25) is 4.79 Å². The topological polar surface area (TPSA) is 113 Å². The molecule has 2 aromatic rings. The quantitative estimate of drug-likeness (QED) is 0.704. The maximum Gasteiger partial charge on any atom is 0.243 e. The Labute approximate surface area is 182 Å². The van der Waals surface area contributed by atoms with Crippen LogP contribution in [0.1, 0.15) is 30.4 Å². The molecule has 2 aliphatic rings. The summed E-state index contributed by atoms with van der Waals surface area (Å²) >= 11 is 0. The fraction of sp³-hybridized carbons (Fsp3) is 0.381. The van der Waals surface area contributed by atoms with Crippen molar-refractivity contribution in [2.45, 2.75) is 48.4 Å². The van der Waals surface area contributed by atoms with Gasteiger partial charge in [0.2, 0.25) is 26.0 Å². The van der Waals surface area contributed by atoms with Crippen LogP contribution in [0.2, 0.25) is 0 Å². The number of sulfonamides is 2. The smallest absolute Gasteiger partial charge is 0.243 e. The highest BCUT2D eigenvalue weighted by atomic mass is 32.2. The molecule has 2 heterocycles. The van der Waals surface area contributed by atoms with E-state index in [-0.39, 0.29) is 34.8 Å². The van der Waals surface area contributed by atoms with Gasteiger partial charge in [-0.05, 0) is 62.1 Å². The number of nitrogens with zero attached hydrogens (tertiary/aromatic N) is 1. The van der Waals surface area contributed by atoms with Crippen LogP contribution in [-0.4, -0.2) is 46.2 Å². The molecular formula is C21H25N3O5S2. The Kier molecular flexibility index (Phi) is 5.91. The predicted octanol–water partition coefficient (Wildman–Crippen LogP) is 2.01. The van der Waals surface area contributed by atoms with E-state index in [1.807, 2.05) is 6.92 Å². The van der Waals surface area contributed by atoms with Crippen LogP contribution in [0.5, 0.6) is 0 Å². The number of carbonyl (C=O) groups excluding carboxylic acids is 1. The lowest BCUT2D eigenvalue weighted by molar-refractivity contribution is -0.116. The van der Waals surface area contributed by atoms with Crippen molar-refractivity contribution >= 4 is 31.6 Å². The molecule has 0 radical (unpaired) electrons. The third-order valence-electron chi connectivity index (χ3n) is 5.72. The normalized spacial score (nSPS) is 18.4. The average molecular weight is 464 g/mol. The first-order chi connectivity index (χ1) is 14.6. The molecule has 4 rings (SSSR count). The summed E-state index contributed by atoms with van der Waals surface area (Å²) in [7, 11) is -7.34. The van der Waals surface area contributed by atoms with Crippen LogP contribution in [-0.2, 0) is 31.3 Å². The molecule has 0 bridgehead atoms. The lowest BCUT2D eigenvalue weighted by Gasteiger charge is -2.31. The Bertz CT molecular complexity index is 1200. The van der Waals surface area contributed by atoms with E-state index < -0.39 is 20.0 Å². The molecule has 2 aliphatic heterocycles. The Morgan fingerprint density at radius 1 is 0.935 bits per heavy atom. The molecule has 1 fully saturated rings. The predicted molar refractivity (Wildman–Crippen MR) is 117 cm³/mol. The van der Waals surface area contributed by atoms with E-state index >= 15 is 0 Å². The number of anilines is 1. The highest BCUT2D eigenvalue weighted by Gasteiger charge is 2.31. The summed E-state index contributed by atoms with van der Waals surface area (Å²) in [5, 5.41) is 2.74. The van der Waals surface area contributed by atoms with Crippen molar-refractivity contribution in [2.24, 2.45) is 0 Å². The number of nitrogens with one attached hydrogen (secondary N) is 2. The highest BCUT2D eigenvalue weighted by Crippen LogP contribution is 2.26. The largest absolute Gasteiger partial charge is 0.326 e. The summed E-state index contributed by atoms with van der Waals surface area (Å²) in [5.41, 5.74) is 2.42. The molecule has 0 spiro atoms. The van der Waals surface area contributed by atoms with E-state index in [0.29, 0.717) is 31.4 Å². The second-order valence-corrected chi connectivity index (χ2v) is 11.6. The van der Waals surface area contributed by atoms with Gasteiger partial charge in [-0.2, -0.15) is 4.31 Å². The molecule has 0 unspecified atom stereocenters. The van der Waals surface area contributed by atoms with Crippen LogP contribution in [0.15, 0.2) is 52.3 Å². The fourth-order valence-corrected chi connectivity index (χ4v) is 6.71. The Balaban J connectivity index is 1.41. The molecule has 31 heavy (non-hydrogen) atoms. The van der Waals surface area contributed by atoms with Gasteiger partial charge in [0.05, 0.1) is 9.79 Å². The number of fused-ring (bicyclic) bond motifs is 1. The van der Waals surface area contributed by atoms with E-state index in [1.54, 1.807) is 36.4 Å². The van der Waals surface area contributed by atoms with E-state index in [4.69, 9.17) is 0 Å². The number of hydrogen-bond donors (Lipinski definition) is 2. The molecule has 2 N–H and O–H groups in total. The fourth-order valence-electron chi connectivity index (χ4n) is 3.89. The van der Waals surface area contributed by atoms with Crippen molar-refractivity contribution < 1.29 is 21.6 Å². The Hall–Kier alpha value is -2.27. The summed E-state index contributed by atoms with van der Waals surface area (Å²) in [5.74, 6) is -0.0754. The maximum atomic E-state index is 12.9. The van der Waals surface area contributed by atoms with Gasteiger partial charge in [-0.25, -0.2) is 21.6 Å². The van der Waals surface area contributed by atoms with Crippen molar-refractivity contribution in [1.29, 1.82) is 0 Å². The zero-order chi connectivity index (χ0) is 22.2. The van der Waals surface area contributed by atoms with Crippen LogP contribution >= 0.6 is 0 Å². The highest BCUT2D eigenvalue weighted by molar-refractivity contribution is 7.89. The van der Waals surface area contributed by atoms with E-state index in [0.717, 1.165) is 11.1 Å². The Morgan fingerprint density at radius 2 is 1.58 bits per heavy atom. The molecule has 2 aromatic carbocycles. The Morgan fingerprint density at radius 3 is 2.26 bits per heavy atom. The van der Waals surface area contributed by atoms with Crippen molar-refractivity contribution in [3.05, 3.63) is 53.6 Å². The van der Waals surface area contributed by atoms with E-state index in [2.05, 4.69) is 10.0 Å². The summed E-state index contributed by atoms with van der Waals surface area (Å²) in [6.45, 7) is 2.39. The first-order valence-electron chi connectivity index (χ1n) is 10.2. The maximum absolute atomic E-state index is 12.9. The minimum absolute atomic E-state index is 0.0754. The van der Waals surface area contributed by atoms with Crippen molar-refractivity contribution in [2.75, 3.05) is 18.4 Å². The first-order valence-corrected chi connectivity index (χ1v) is 13.1. The van der Waals surface area contributed by atoms with Crippen molar-refractivity contribution in [1.82, 2.24) is 9.03 Å². The zero-order valence-corrected chi connectivity index (χ0v) is 18.8. The van der Waals surface area contributed by atoms with Gasteiger partial charge >= 0.3 is 0 Å².